The van der Waals surface area contributed by atoms with Crippen LogP contribution in [0.1, 0.15) is 51.7 Å². The van der Waals surface area contributed by atoms with Crippen molar-refractivity contribution in [3.05, 3.63) is 11.7 Å². The molecule has 1 atom stereocenters. The second kappa shape index (κ2) is 11.7. The highest BCUT2D eigenvalue weighted by Crippen LogP contribution is 2.09. The molecule has 1 unspecified atom stereocenters. The van der Waals surface area contributed by atoms with E-state index in [-0.39, 0.29) is 41.7 Å². The Labute approximate surface area is 167 Å². The lowest BCUT2D eigenvalue weighted by Gasteiger charge is -2.17. The zero-order valence-electron chi connectivity index (χ0n) is 15.6. The molecule has 8 nitrogen and oxygen atoms in total. The van der Waals surface area contributed by atoms with Crippen LogP contribution in [0.4, 0.5) is 0 Å². The highest BCUT2D eigenvalue weighted by atomic mass is 127. The summed E-state index contributed by atoms with van der Waals surface area (Å²) in [6.07, 6.45) is 2.34. The number of nitrogens with zero attached hydrogens (tertiary/aromatic N) is 3. The highest BCUT2D eigenvalue weighted by Gasteiger charge is 2.11. The van der Waals surface area contributed by atoms with Crippen LogP contribution in [0.2, 0.25) is 0 Å². The SMILES string of the molecule is CCNC(=NCCc1nc(C(C)C)no1)NC(C)CCS(C)(=O)=O.I. The van der Waals surface area contributed by atoms with Crippen molar-refractivity contribution < 1.29 is 12.9 Å². The maximum atomic E-state index is 11.2. The summed E-state index contributed by atoms with van der Waals surface area (Å²) in [5.41, 5.74) is 0. The molecule has 25 heavy (non-hydrogen) atoms. The minimum atomic E-state index is -2.95. The highest BCUT2D eigenvalue weighted by molar-refractivity contribution is 14.0. The van der Waals surface area contributed by atoms with Gasteiger partial charge in [0.15, 0.2) is 11.8 Å². The molecule has 0 aliphatic rings. The van der Waals surface area contributed by atoms with E-state index in [1.807, 2.05) is 27.7 Å². The van der Waals surface area contributed by atoms with E-state index in [0.717, 1.165) is 6.54 Å². The van der Waals surface area contributed by atoms with E-state index >= 15 is 0 Å². The first-order valence-corrected chi connectivity index (χ1v) is 10.3. The van der Waals surface area contributed by atoms with Crippen LogP contribution < -0.4 is 10.6 Å². The van der Waals surface area contributed by atoms with Gasteiger partial charge in [-0.05, 0) is 20.3 Å². The van der Waals surface area contributed by atoms with Crippen LogP contribution in [-0.4, -0.2) is 55.7 Å². The van der Waals surface area contributed by atoms with Gasteiger partial charge in [-0.3, -0.25) is 4.99 Å². The Morgan fingerprint density at radius 1 is 1.32 bits per heavy atom. The average Bonchev–Trinajstić information content (AvgIpc) is 2.94. The number of guanidine groups is 1. The molecule has 0 saturated carbocycles. The zero-order valence-corrected chi connectivity index (χ0v) is 18.7. The Morgan fingerprint density at radius 2 is 2.00 bits per heavy atom. The molecule has 0 fully saturated rings. The molecule has 1 aromatic heterocycles. The predicted molar refractivity (Wildman–Crippen MR) is 110 cm³/mol. The number of rotatable bonds is 9. The van der Waals surface area contributed by atoms with Crippen molar-refractivity contribution in [2.75, 3.05) is 25.1 Å². The van der Waals surface area contributed by atoms with Gasteiger partial charge in [-0.25, -0.2) is 8.42 Å². The lowest BCUT2D eigenvalue weighted by molar-refractivity contribution is 0.372. The van der Waals surface area contributed by atoms with E-state index in [9.17, 15) is 8.42 Å². The van der Waals surface area contributed by atoms with Gasteiger partial charge in [0.05, 0.1) is 12.3 Å². The van der Waals surface area contributed by atoms with Gasteiger partial charge < -0.3 is 15.2 Å². The average molecular weight is 487 g/mol. The summed E-state index contributed by atoms with van der Waals surface area (Å²) < 4.78 is 27.6. The smallest absolute Gasteiger partial charge is 0.228 e. The van der Waals surface area contributed by atoms with Crippen LogP contribution >= 0.6 is 24.0 Å². The topological polar surface area (TPSA) is 109 Å². The van der Waals surface area contributed by atoms with Gasteiger partial charge in [0.2, 0.25) is 5.89 Å². The third-order valence-corrected chi connectivity index (χ3v) is 4.22. The molecule has 146 valence electrons. The summed E-state index contributed by atoms with van der Waals surface area (Å²) in [6, 6.07) is 0.00785. The quantitative estimate of drug-likeness (QED) is 0.310. The third-order valence-electron chi connectivity index (χ3n) is 3.24. The van der Waals surface area contributed by atoms with Crippen LogP contribution in [0.25, 0.3) is 0 Å². The summed E-state index contributed by atoms with van der Waals surface area (Å²) in [5.74, 6) is 2.32. The Morgan fingerprint density at radius 3 is 2.52 bits per heavy atom. The molecule has 1 rings (SSSR count). The van der Waals surface area contributed by atoms with E-state index in [4.69, 9.17) is 4.52 Å². The van der Waals surface area contributed by atoms with Crippen LogP contribution in [0.15, 0.2) is 9.52 Å². The molecule has 0 spiro atoms. The summed E-state index contributed by atoms with van der Waals surface area (Å²) in [7, 11) is -2.95. The molecule has 0 radical (unpaired) electrons. The van der Waals surface area contributed by atoms with Crippen molar-refractivity contribution in [1.82, 2.24) is 20.8 Å². The lowest BCUT2D eigenvalue weighted by atomic mass is 10.2. The van der Waals surface area contributed by atoms with Gasteiger partial charge >= 0.3 is 0 Å². The number of hydrogen-bond donors (Lipinski definition) is 2. The molecular weight excluding hydrogens is 457 g/mol. The van der Waals surface area contributed by atoms with Gasteiger partial charge in [0.1, 0.15) is 9.84 Å². The first-order valence-electron chi connectivity index (χ1n) is 8.26. The van der Waals surface area contributed by atoms with Gasteiger partial charge in [-0.2, -0.15) is 4.98 Å². The lowest BCUT2D eigenvalue weighted by Crippen LogP contribution is -2.43. The maximum absolute atomic E-state index is 11.2. The molecule has 0 amide bonds. The molecule has 0 bridgehead atoms. The van der Waals surface area contributed by atoms with Gasteiger partial charge in [0, 0.05) is 31.2 Å². The largest absolute Gasteiger partial charge is 0.357 e. The number of aromatic nitrogens is 2. The van der Waals surface area contributed by atoms with Crippen molar-refractivity contribution in [3.8, 4) is 0 Å². The summed E-state index contributed by atoms with van der Waals surface area (Å²) >= 11 is 0. The zero-order chi connectivity index (χ0) is 18.2. The molecule has 1 heterocycles. The predicted octanol–water partition coefficient (Wildman–Crippen LogP) is 1.73. The molecular formula is C15H30IN5O3S. The number of hydrogen-bond acceptors (Lipinski definition) is 6. The maximum Gasteiger partial charge on any atom is 0.228 e. The minimum Gasteiger partial charge on any atom is -0.357 e. The number of halogens is 1. The molecule has 0 aromatic carbocycles. The van der Waals surface area contributed by atoms with Crippen molar-refractivity contribution in [1.29, 1.82) is 0 Å². The van der Waals surface area contributed by atoms with Crippen LogP contribution in [-0.2, 0) is 16.3 Å². The second-order valence-electron chi connectivity index (χ2n) is 6.18. The fraction of sp³-hybridized carbons (Fsp3) is 0.800. The van der Waals surface area contributed by atoms with Gasteiger partial charge in [0.25, 0.3) is 0 Å². The monoisotopic (exact) mass is 487 g/mol. The molecule has 0 saturated heterocycles. The Balaban J connectivity index is 0.00000576. The van der Waals surface area contributed by atoms with E-state index in [2.05, 4.69) is 25.8 Å². The van der Waals surface area contributed by atoms with E-state index < -0.39 is 9.84 Å². The Bertz CT molecular complexity index is 631. The van der Waals surface area contributed by atoms with Crippen molar-refractivity contribution >= 4 is 39.8 Å². The normalized spacial score (nSPS) is 13.4. The van der Waals surface area contributed by atoms with Crippen LogP contribution in [0.3, 0.4) is 0 Å². The fourth-order valence-electron chi connectivity index (χ4n) is 1.88. The molecule has 1 aromatic rings. The number of sulfone groups is 1. The molecule has 0 aliphatic heterocycles. The van der Waals surface area contributed by atoms with Gasteiger partial charge in [-0.1, -0.05) is 19.0 Å². The summed E-state index contributed by atoms with van der Waals surface area (Å²) in [6.45, 7) is 9.17. The van der Waals surface area contributed by atoms with Crippen molar-refractivity contribution in [3.63, 3.8) is 0 Å². The third kappa shape index (κ3) is 10.6. The second-order valence-corrected chi connectivity index (χ2v) is 8.44. The van der Waals surface area contributed by atoms with E-state index in [1.165, 1.54) is 6.26 Å². The minimum absolute atomic E-state index is 0. The standard InChI is InChI=1S/C15H29N5O3S.HI/c1-6-16-15(18-12(4)8-10-24(5,21)22)17-9-7-13-19-14(11(2)3)20-23-13;/h11-12H,6-10H2,1-5H3,(H2,16,17,18);1H. The summed E-state index contributed by atoms with van der Waals surface area (Å²) in [5, 5.41) is 10.3. The first kappa shape index (κ1) is 24.1. The van der Waals surface area contributed by atoms with Gasteiger partial charge in [-0.15, -0.1) is 24.0 Å². The molecule has 2 N–H and O–H groups in total. The number of nitrogens with one attached hydrogen (secondary N) is 2. The van der Waals surface area contributed by atoms with Crippen LogP contribution in [0.5, 0.6) is 0 Å². The van der Waals surface area contributed by atoms with Crippen molar-refractivity contribution in [2.45, 2.75) is 52.5 Å². The first-order chi connectivity index (χ1) is 11.2. The fourth-order valence-corrected chi connectivity index (χ4v) is 2.67. The Hall–Kier alpha value is -0.910. The molecule has 10 heteroatoms. The molecule has 0 aliphatic carbocycles. The van der Waals surface area contributed by atoms with E-state index in [0.29, 0.717) is 37.1 Å². The number of aliphatic imine (C=N–C) groups is 1. The summed E-state index contributed by atoms with van der Waals surface area (Å²) in [4.78, 5) is 8.78. The van der Waals surface area contributed by atoms with Crippen molar-refractivity contribution in [2.24, 2.45) is 4.99 Å². The Kier molecular flexibility index (Phi) is 11.2. The van der Waals surface area contributed by atoms with E-state index in [1.54, 1.807) is 0 Å². The van der Waals surface area contributed by atoms with Crippen LogP contribution in [0, 0.1) is 0 Å².